The van der Waals surface area contributed by atoms with Crippen molar-refractivity contribution in [2.75, 3.05) is 80.6 Å². The number of nitrogens with one attached hydrogen (secondary N) is 2. The molecular weight excluding hydrogens is 448 g/mol. The second-order valence-corrected chi connectivity index (χ2v) is 5.88. The Bertz CT molecular complexity index is 419. The summed E-state index contributed by atoms with van der Waals surface area (Å²) in [6.07, 6.45) is 2.81. The van der Waals surface area contributed by atoms with Gasteiger partial charge in [-0.2, -0.15) is 6.42 Å². The second kappa shape index (κ2) is 37.7. The van der Waals surface area contributed by atoms with Crippen LogP contribution in [0.5, 0.6) is 0 Å². The molecule has 188 valence electrons. The molecule has 0 heterocycles. The Labute approximate surface area is 210 Å². The van der Waals surface area contributed by atoms with Crippen molar-refractivity contribution in [3.05, 3.63) is 48.9 Å². The van der Waals surface area contributed by atoms with Gasteiger partial charge in [-0.3, -0.25) is 0 Å². The normalized spacial score (nSPS) is 9.09. The largest absolute Gasteiger partial charge is 0.394 e. The molecule has 1 aromatic carbocycles. The van der Waals surface area contributed by atoms with E-state index in [0.29, 0.717) is 19.8 Å². The van der Waals surface area contributed by atoms with Gasteiger partial charge in [0.05, 0.1) is 39.6 Å². The van der Waals surface area contributed by atoms with Gasteiger partial charge in [-0.25, -0.2) is 0 Å². The van der Waals surface area contributed by atoms with Gasteiger partial charge in [0.15, 0.2) is 0 Å². The Kier molecular flexibility index (Phi) is 45.4. The fraction of sp³-hybridized carbons (Fsp3) is 0.609. The summed E-state index contributed by atoms with van der Waals surface area (Å²) in [5.74, 6) is 0. The van der Waals surface area contributed by atoms with Crippen LogP contribution in [-0.2, 0) is 42.5 Å². The van der Waals surface area contributed by atoms with E-state index in [1.54, 1.807) is 21.3 Å². The summed E-state index contributed by atoms with van der Waals surface area (Å²) in [5, 5.41) is 30.5. The molecule has 1 aromatic rings. The third-order valence-electron chi connectivity index (χ3n) is 3.26. The van der Waals surface area contributed by atoms with Crippen molar-refractivity contribution in [3.63, 3.8) is 0 Å². The first kappa shape index (κ1) is 38.6. The number of benzene rings is 1. The molecule has 0 aliphatic carbocycles. The molecule has 0 bridgehead atoms. The van der Waals surface area contributed by atoms with Crippen molar-refractivity contribution in [1.29, 1.82) is 0 Å². The van der Waals surface area contributed by atoms with E-state index in [-0.39, 0.29) is 41.5 Å². The zero-order chi connectivity index (χ0) is 24.0. The van der Waals surface area contributed by atoms with Crippen molar-refractivity contribution < 1.29 is 51.2 Å². The van der Waals surface area contributed by atoms with Crippen molar-refractivity contribution in [3.8, 4) is 0 Å². The molecule has 0 atom stereocenters. The molecule has 1 rings (SSSR count). The molecule has 9 heteroatoms. The zero-order valence-corrected chi connectivity index (χ0v) is 21.7. The smallest absolute Gasteiger partial charge is 0.0693 e. The minimum atomic E-state index is 0. The molecule has 0 aromatic heterocycles. The van der Waals surface area contributed by atoms with E-state index in [4.69, 9.17) is 15.3 Å². The van der Waals surface area contributed by atoms with E-state index in [9.17, 15) is 0 Å². The van der Waals surface area contributed by atoms with Gasteiger partial charge in [0.25, 0.3) is 0 Å². The minimum absolute atomic E-state index is 0. The fourth-order valence-electron chi connectivity index (χ4n) is 1.70. The van der Waals surface area contributed by atoms with Crippen LogP contribution < -0.4 is 10.6 Å². The van der Waals surface area contributed by atoms with Crippen LogP contribution in [0.15, 0.2) is 30.8 Å². The van der Waals surface area contributed by atoms with Crippen LogP contribution >= 0.6 is 0 Å². The molecule has 0 unspecified atom stereocenters. The maximum atomic E-state index is 7.94. The van der Waals surface area contributed by atoms with Gasteiger partial charge >= 0.3 is 0 Å². The number of aliphatic hydroxyl groups excluding tert-OH is 3. The van der Waals surface area contributed by atoms with Crippen molar-refractivity contribution in [2.45, 2.75) is 13.0 Å². The average Bonchev–Trinajstić information content (AvgIpc) is 2.79. The molecule has 0 saturated heterocycles. The van der Waals surface area contributed by atoms with Gasteiger partial charge in [-0.15, -0.1) is 0 Å². The summed E-state index contributed by atoms with van der Waals surface area (Å²) in [6.45, 7) is 13.1. The van der Waals surface area contributed by atoms with Crippen LogP contribution in [0.1, 0.15) is 17.5 Å². The standard InChI is InChI=1S/C14H21N2.3C3H8O2.Ti/c1-3-9-15-10-11-16-12-14-7-5-13(4-2)6-8-14;3*1-5-3-2-4;/h4-8,15-16H,1-3,9-12H2;3*4H,2-3H2,1H3;/q-1;;;;. The number of methoxy groups -OCH3 is 3. The molecule has 0 radical (unpaired) electrons. The summed E-state index contributed by atoms with van der Waals surface area (Å²) in [7, 11) is 4.66. The van der Waals surface area contributed by atoms with Gasteiger partial charge in [0.1, 0.15) is 0 Å². The molecule has 0 fully saturated rings. The summed E-state index contributed by atoms with van der Waals surface area (Å²) in [5.41, 5.74) is 2.48. The van der Waals surface area contributed by atoms with E-state index in [2.05, 4.69) is 62.6 Å². The average molecular weight is 493 g/mol. The van der Waals surface area contributed by atoms with Crippen LogP contribution in [0, 0.1) is 6.92 Å². The van der Waals surface area contributed by atoms with Crippen molar-refractivity contribution in [2.24, 2.45) is 0 Å². The molecule has 0 saturated carbocycles. The maximum Gasteiger partial charge on any atom is 0.0693 e. The summed E-state index contributed by atoms with van der Waals surface area (Å²) < 4.78 is 13.3. The predicted molar refractivity (Wildman–Crippen MR) is 128 cm³/mol. The van der Waals surface area contributed by atoms with Crippen molar-refractivity contribution in [1.82, 2.24) is 10.6 Å². The van der Waals surface area contributed by atoms with E-state index < -0.39 is 0 Å². The number of ether oxygens (including phenoxy) is 3. The Morgan fingerprint density at radius 3 is 1.56 bits per heavy atom. The zero-order valence-electron chi connectivity index (χ0n) is 20.1. The SMILES string of the molecule is C=Cc1ccc(CNCCNCC[CH2-])cc1.COCCO.COCCO.COCCO.[Ti]. The minimum Gasteiger partial charge on any atom is -0.394 e. The number of hydrogen-bond acceptors (Lipinski definition) is 8. The second-order valence-electron chi connectivity index (χ2n) is 5.88. The Morgan fingerprint density at radius 1 is 0.812 bits per heavy atom. The van der Waals surface area contributed by atoms with Crippen LogP contribution in [0.4, 0.5) is 0 Å². The third-order valence-corrected chi connectivity index (χ3v) is 3.26. The summed E-state index contributed by atoms with van der Waals surface area (Å²) in [6, 6.07) is 8.44. The number of hydrogen-bond donors (Lipinski definition) is 5. The van der Waals surface area contributed by atoms with Gasteiger partial charge in [0.2, 0.25) is 0 Å². The first-order valence-electron chi connectivity index (χ1n) is 10.3. The maximum absolute atomic E-state index is 7.94. The van der Waals surface area contributed by atoms with Crippen molar-refractivity contribution >= 4 is 6.08 Å². The molecule has 8 nitrogen and oxygen atoms in total. The molecule has 0 aliphatic heterocycles. The molecular formula is C23H45N2O6Ti-. The Morgan fingerprint density at radius 2 is 1.25 bits per heavy atom. The number of aliphatic hydroxyl groups is 3. The van der Waals surface area contributed by atoms with E-state index in [0.717, 1.165) is 32.6 Å². The van der Waals surface area contributed by atoms with Gasteiger partial charge < -0.3 is 47.1 Å². The molecule has 32 heavy (non-hydrogen) atoms. The molecule has 0 spiro atoms. The predicted octanol–water partition coefficient (Wildman–Crippen LogP) is 1.11. The third kappa shape index (κ3) is 36.7. The molecule has 5 N–H and O–H groups in total. The Hall–Kier alpha value is -0.646. The first-order valence-corrected chi connectivity index (χ1v) is 10.3. The summed E-state index contributed by atoms with van der Waals surface area (Å²) in [4.78, 5) is 0. The quantitative estimate of drug-likeness (QED) is 0.149. The molecule has 0 amide bonds. The fourth-order valence-corrected chi connectivity index (χ4v) is 1.70. The van der Waals surface area contributed by atoms with Gasteiger partial charge in [0, 0.05) is 62.7 Å². The van der Waals surface area contributed by atoms with Gasteiger partial charge in [-0.05, 0) is 17.7 Å². The van der Waals surface area contributed by atoms with Crippen LogP contribution in [0.3, 0.4) is 0 Å². The van der Waals surface area contributed by atoms with Crippen LogP contribution in [0.2, 0.25) is 0 Å². The van der Waals surface area contributed by atoms with E-state index >= 15 is 0 Å². The van der Waals surface area contributed by atoms with E-state index in [1.807, 2.05) is 6.08 Å². The van der Waals surface area contributed by atoms with Crippen LogP contribution in [0.25, 0.3) is 6.08 Å². The number of rotatable bonds is 14. The van der Waals surface area contributed by atoms with Gasteiger partial charge in [-0.1, -0.05) is 36.9 Å². The Balaban J connectivity index is -0.000000202. The topological polar surface area (TPSA) is 112 Å². The first-order chi connectivity index (χ1) is 15.1. The molecule has 0 aliphatic rings. The summed E-state index contributed by atoms with van der Waals surface area (Å²) >= 11 is 0. The van der Waals surface area contributed by atoms with E-state index in [1.165, 1.54) is 11.1 Å². The monoisotopic (exact) mass is 493 g/mol. The van der Waals surface area contributed by atoms with Crippen LogP contribution in [-0.4, -0.2) is 95.9 Å².